The van der Waals surface area contributed by atoms with Gasteiger partial charge in [0.1, 0.15) is 11.6 Å². The number of para-hydroxylation sites is 1. The molecule has 3 aromatic rings. The Morgan fingerprint density at radius 1 is 1.03 bits per heavy atom. The summed E-state index contributed by atoms with van der Waals surface area (Å²) >= 11 is 0. The number of amides is 2. The van der Waals surface area contributed by atoms with Gasteiger partial charge < -0.3 is 10.2 Å². The number of aromatic amines is 1. The fourth-order valence-electron chi connectivity index (χ4n) is 3.77. The van der Waals surface area contributed by atoms with Crippen LogP contribution in [0.15, 0.2) is 54.6 Å². The average molecular weight is 424 g/mol. The van der Waals surface area contributed by atoms with Gasteiger partial charge in [-0.1, -0.05) is 30.3 Å². The third-order valence-electron chi connectivity index (χ3n) is 5.54. The summed E-state index contributed by atoms with van der Waals surface area (Å²) in [6.07, 6.45) is 1.46. The van der Waals surface area contributed by atoms with Crippen LogP contribution >= 0.6 is 0 Å². The molecule has 4 rings (SSSR count). The Bertz CT molecular complexity index is 1090. The smallest absolute Gasteiger partial charge is 0.276 e. The Kier molecular flexibility index (Phi) is 6.06. The number of hydrogen-bond acceptors (Lipinski definition) is 3. The molecule has 2 aromatic carbocycles. The monoisotopic (exact) mass is 424 g/mol. The molecule has 1 saturated heterocycles. The van der Waals surface area contributed by atoms with Crippen molar-refractivity contribution in [3.8, 4) is 0 Å². The zero-order valence-corrected chi connectivity index (χ0v) is 16.8. The largest absolute Gasteiger partial charge is 0.342 e. The van der Waals surface area contributed by atoms with E-state index >= 15 is 0 Å². The van der Waals surface area contributed by atoms with Crippen LogP contribution in [0.2, 0.25) is 0 Å². The number of hydrogen-bond donors (Lipinski definition) is 2. The third kappa shape index (κ3) is 4.79. The molecule has 0 aliphatic carbocycles. The first-order chi connectivity index (χ1) is 15.0. The van der Waals surface area contributed by atoms with E-state index in [0.717, 1.165) is 5.69 Å². The first-order valence-corrected chi connectivity index (χ1v) is 10.1. The van der Waals surface area contributed by atoms with Gasteiger partial charge in [0.15, 0.2) is 5.69 Å². The first kappa shape index (κ1) is 20.7. The number of carbonyl (C=O) groups excluding carboxylic acids is 2. The molecule has 6 nitrogen and oxygen atoms in total. The lowest BCUT2D eigenvalue weighted by Gasteiger charge is -2.31. The molecule has 0 atom stereocenters. The van der Waals surface area contributed by atoms with Gasteiger partial charge in [0.05, 0.1) is 12.1 Å². The normalized spacial score (nSPS) is 14.5. The summed E-state index contributed by atoms with van der Waals surface area (Å²) in [7, 11) is 0. The van der Waals surface area contributed by atoms with Gasteiger partial charge in [-0.2, -0.15) is 5.10 Å². The lowest BCUT2D eigenvalue weighted by Crippen LogP contribution is -2.39. The van der Waals surface area contributed by atoms with Crippen LogP contribution < -0.4 is 5.32 Å². The number of likely N-dealkylation sites (tertiary alicyclic amines) is 1. The van der Waals surface area contributed by atoms with E-state index in [1.165, 1.54) is 18.2 Å². The zero-order valence-electron chi connectivity index (χ0n) is 16.8. The number of benzene rings is 2. The van der Waals surface area contributed by atoms with Crippen molar-refractivity contribution in [3.63, 3.8) is 0 Å². The Morgan fingerprint density at radius 2 is 1.71 bits per heavy atom. The standard InChI is InChI=1S/C23H22F2N4O2/c24-17-6-2-1-5-16(17)13-22(30)29-11-9-15(10-12-29)20-14-21(28-27-20)23(31)26-19-8-4-3-7-18(19)25/h1-8,14-15H,9-13H2,(H,26,31)(H,27,28). The lowest BCUT2D eigenvalue weighted by molar-refractivity contribution is -0.131. The topological polar surface area (TPSA) is 78.1 Å². The van der Waals surface area contributed by atoms with Gasteiger partial charge in [-0.15, -0.1) is 0 Å². The fraction of sp³-hybridized carbons (Fsp3) is 0.261. The Morgan fingerprint density at radius 3 is 2.42 bits per heavy atom. The van der Waals surface area contributed by atoms with Crippen LogP contribution in [0, 0.1) is 11.6 Å². The van der Waals surface area contributed by atoms with Gasteiger partial charge in [-0.3, -0.25) is 14.7 Å². The van der Waals surface area contributed by atoms with Gasteiger partial charge in [0.25, 0.3) is 5.91 Å². The minimum atomic E-state index is -0.515. The van der Waals surface area contributed by atoms with Crippen LogP contribution in [0.25, 0.3) is 0 Å². The van der Waals surface area contributed by atoms with Crippen LogP contribution in [0.1, 0.15) is 40.5 Å². The average Bonchev–Trinajstić information content (AvgIpc) is 3.27. The van der Waals surface area contributed by atoms with Crippen LogP contribution in [0.5, 0.6) is 0 Å². The van der Waals surface area contributed by atoms with E-state index in [1.807, 2.05) is 0 Å². The van der Waals surface area contributed by atoms with Crippen molar-refractivity contribution in [1.82, 2.24) is 15.1 Å². The highest BCUT2D eigenvalue weighted by Crippen LogP contribution is 2.28. The molecule has 0 unspecified atom stereocenters. The summed E-state index contributed by atoms with van der Waals surface area (Å²) in [6, 6.07) is 13.9. The number of H-pyrrole nitrogens is 1. The quantitative estimate of drug-likeness (QED) is 0.652. The summed E-state index contributed by atoms with van der Waals surface area (Å²) in [5, 5.41) is 9.46. The molecule has 2 amide bonds. The number of halogens is 2. The number of rotatable bonds is 5. The molecule has 8 heteroatoms. The van der Waals surface area contributed by atoms with E-state index in [2.05, 4.69) is 15.5 Å². The van der Waals surface area contributed by atoms with Crippen molar-refractivity contribution >= 4 is 17.5 Å². The Labute approximate surface area is 178 Å². The van der Waals surface area contributed by atoms with E-state index < -0.39 is 11.7 Å². The zero-order chi connectivity index (χ0) is 21.8. The number of nitrogens with one attached hydrogen (secondary N) is 2. The molecular weight excluding hydrogens is 402 g/mol. The summed E-state index contributed by atoms with van der Waals surface area (Å²) in [5.74, 6) is -1.35. The van der Waals surface area contributed by atoms with E-state index in [9.17, 15) is 18.4 Å². The highest BCUT2D eigenvalue weighted by Gasteiger charge is 2.26. The predicted octanol–water partition coefficient (Wildman–Crippen LogP) is 3.89. The summed E-state index contributed by atoms with van der Waals surface area (Å²) in [4.78, 5) is 26.6. The third-order valence-corrected chi connectivity index (χ3v) is 5.54. The predicted molar refractivity (Wildman–Crippen MR) is 112 cm³/mol. The number of carbonyl (C=O) groups is 2. The van der Waals surface area contributed by atoms with Gasteiger partial charge in [-0.25, -0.2) is 8.78 Å². The molecule has 1 fully saturated rings. The highest BCUT2D eigenvalue weighted by molar-refractivity contribution is 6.03. The van der Waals surface area contributed by atoms with Crippen LogP contribution in [-0.2, 0) is 11.2 Å². The number of aromatic nitrogens is 2. The molecule has 0 spiro atoms. The van der Waals surface area contributed by atoms with Crippen molar-refractivity contribution in [2.24, 2.45) is 0 Å². The maximum atomic E-state index is 13.8. The van der Waals surface area contributed by atoms with E-state index in [4.69, 9.17) is 0 Å². The molecule has 1 aliphatic heterocycles. The van der Waals surface area contributed by atoms with E-state index in [0.29, 0.717) is 31.5 Å². The van der Waals surface area contributed by atoms with Crippen LogP contribution in [-0.4, -0.2) is 40.0 Å². The molecule has 1 aliphatic rings. The van der Waals surface area contributed by atoms with Crippen molar-refractivity contribution in [2.45, 2.75) is 25.2 Å². The second-order valence-corrected chi connectivity index (χ2v) is 7.57. The van der Waals surface area contributed by atoms with Crippen molar-refractivity contribution in [1.29, 1.82) is 0 Å². The SMILES string of the molecule is O=C(Nc1ccccc1F)c1cc(C2CCN(C(=O)Cc3ccccc3F)CC2)[nH]n1. The molecule has 0 bridgehead atoms. The van der Waals surface area contributed by atoms with Gasteiger partial charge in [0.2, 0.25) is 5.91 Å². The minimum Gasteiger partial charge on any atom is -0.342 e. The molecule has 2 N–H and O–H groups in total. The summed E-state index contributed by atoms with van der Waals surface area (Å²) in [5.41, 5.74) is 1.48. The maximum absolute atomic E-state index is 13.8. The van der Waals surface area contributed by atoms with Crippen molar-refractivity contribution in [3.05, 3.63) is 83.2 Å². The Balaban J connectivity index is 1.33. The second kappa shape index (κ2) is 9.07. The highest BCUT2D eigenvalue weighted by atomic mass is 19.1. The number of anilines is 1. The van der Waals surface area contributed by atoms with Gasteiger partial charge in [-0.05, 0) is 42.7 Å². The van der Waals surface area contributed by atoms with Crippen LogP contribution in [0.4, 0.5) is 14.5 Å². The molecular formula is C23H22F2N4O2. The van der Waals surface area contributed by atoms with Crippen LogP contribution in [0.3, 0.4) is 0 Å². The first-order valence-electron chi connectivity index (χ1n) is 10.1. The van der Waals surface area contributed by atoms with Crippen molar-refractivity contribution < 1.29 is 18.4 Å². The summed E-state index contributed by atoms with van der Waals surface area (Å²) < 4.78 is 27.5. The molecule has 0 saturated carbocycles. The fourth-order valence-corrected chi connectivity index (χ4v) is 3.77. The number of nitrogens with zero attached hydrogens (tertiary/aromatic N) is 2. The lowest BCUT2D eigenvalue weighted by atomic mass is 9.93. The van der Waals surface area contributed by atoms with Crippen molar-refractivity contribution in [2.75, 3.05) is 18.4 Å². The number of piperidine rings is 1. The molecule has 160 valence electrons. The van der Waals surface area contributed by atoms with E-state index in [1.54, 1.807) is 41.3 Å². The molecule has 1 aromatic heterocycles. The Hall–Kier alpha value is -3.55. The van der Waals surface area contributed by atoms with E-state index in [-0.39, 0.29) is 35.4 Å². The second-order valence-electron chi connectivity index (χ2n) is 7.57. The molecule has 31 heavy (non-hydrogen) atoms. The summed E-state index contributed by atoms with van der Waals surface area (Å²) in [6.45, 7) is 1.10. The minimum absolute atomic E-state index is 0.0434. The molecule has 0 radical (unpaired) electrons. The van der Waals surface area contributed by atoms with Gasteiger partial charge in [0, 0.05) is 24.7 Å². The van der Waals surface area contributed by atoms with Gasteiger partial charge >= 0.3 is 0 Å². The maximum Gasteiger partial charge on any atom is 0.276 e. The molecule has 2 heterocycles.